The molecular formula is C11H14N4O2S. The van der Waals surface area contributed by atoms with Crippen molar-refractivity contribution in [3.8, 4) is 11.1 Å². The highest BCUT2D eigenvalue weighted by Gasteiger charge is 2.14. The molecule has 1 aromatic carbocycles. The van der Waals surface area contributed by atoms with E-state index in [1.54, 1.807) is 36.3 Å². The summed E-state index contributed by atoms with van der Waals surface area (Å²) in [6.45, 7) is 0. The van der Waals surface area contributed by atoms with Crippen LogP contribution in [-0.4, -0.2) is 25.2 Å². The first-order valence-electron chi connectivity index (χ1n) is 5.25. The molecule has 96 valence electrons. The number of nitrogens with zero attached hydrogens (tertiary/aromatic N) is 2. The molecule has 0 saturated carbocycles. The number of benzene rings is 1. The van der Waals surface area contributed by atoms with Crippen LogP contribution in [0.15, 0.2) is 35.5 Å². The second kappa shape index (κ2) is 4.43. The van der Waals surface area contributed by atoms with E-state index in [0.29, 0.717) is 5.69 Å². The summed E-state index contributed by atoms with van der Waals surface area (Å²) in [7, 11) is -0.346. The molecular weight excluding hydrogens is 252 g/mol. The zero-order chi connectivity index (χ0) is 13.3. The van der Waals surface area contributed by atoms with Crippen molar-refractivity contribution in [2.24, 2.45) is 7.05 Å². The van der Waals surface area contributed by atoms with Crippen LogP contribution >= 0.6 is 0 Å². The second-order valence-corrected chi connectivity index (χ2v) is 5.79. The molecule has 2 aromatic rings. The lowest BCUT2D eigenvalue weighted by Crippen LogP contribution is -2.18. The first-order valence-corrected chi connectivity index (χ1v) is 6.74. The van der Waals surface area contributed by atoms with Crippen molar-refractivity contribution in [1.29, 1.82) is 0 Å². The van der Waals surface area contributed by atoms with E-state index in [9.17, 15) is 8.42 Å². The largest absolute Gasteiger partial charge is 0.399 e. The number of aromatic nitrogens is 2. The summed E-state index contributed by atoms with van der Waals surface area (Å²) >= 11 is 0. The first-order chi connectivity index (χ1) is 8.42. The zero-order valence-corrected chi connectivity index (χ0v) is 10.9. The molecule has 0 radical (unpaired) electrons. The maximum atomic E-state index is 11.8. The highest BCUT2D eigenvalue weighted by molar-refractivity contribution is 7.89. The number of nitrogen functional groups attached to an aromatic ring is 1. The number of hydrogen-bond acceptors (Lipinski definition) is 4. The van der Waals surface area contributed by atoms with Gasteiger partial charge in [0.25, 0.3) is 0 Å². The van der Waals surface area contributed by atoms with Gasteiger partial charge < -0.3 is 5.73 Å². The predicted molar refractivity (Wildman–Crippen MR) is 69.3 cm³/mol. The maximum absolute atomic E-state index is 11.8. The minimum absolute atomic E-state index is 0.142. The van der Waals surface area contributed by atoms with E-state index < -0.39 is 10.0 Å². The van der Waals surface area contributed by atoms with Crippen molar-refractivity contribution in [3.05, 3.63) is 30.6 Å². The molecule has 1 aromatic heterocycles. The predicted octanol–water partition coefficient (Wildman–Crippen LogP) is 0.577. The Morgan fingerprint density at radius 2 is 2.00 bits per heavy atom. The molecule has 6 nitrogen and oxygen atoms in total. The van der Waals surface area contributed by atoms with E-state index in [-0.39, 0.29) is 4.90 Å². The van der Waals surface area contributed by atoms with E-state index in [2.05, 4.69) is 9.82 Å². The van der Waals surface area contributed by atoms with Crippen molar-refractivity contribution < 1.29 is 8.42 Å². The first kappa shape index (κ1) is 12.6. The lowest BCUT2D eigenvalue weighted by Gasteiger charge is -2.06. The van der Waals surface area contributed by atoms with Crippen LogP contribution < -0.4 is 10.5 Å². The van der Waals surface area contributed by atoms with Crippen LogP contribution in [0.5, 0.6) is 0 Å². The summed E-state index contributed by atoms with van der Waals surface area (Å²) in [5, 5.41) is 4.05. The van der Waals surface area contributed by atoms with Crippen molar-refractivity contribution in [1.82, 2.24) is 14.5 Å². The van der Waals surface area contributed by atoms with Gasteiger partial charge in [-0.15, -0.1) is 0 Å². The van der Waals surface area contributed by atoms with Gasteiger partial charge in [0.2, 0.25) is 10.0 Å². The molecule has 1 heterocycles. The van der Waals surface area contributed by atoms with E-state index in [1.165, 1.54) is 13.1 Å². The third-order valence-corrected chi connectivity index (χ3v) is 3.94. The van der Waals surface area contributed by atoms with Crippen LogP contribution in [0.25, 0.3) is 11.1 Å². The van der Waals surface area contributed by atoms with Crippen molar-refractivity contribution in [2.75, 3.05) is 12.8 Å². The normalized spacial score (nSPS) is 11.7. The number of sulfonamides is 1. The maximum Gasteiger partial charge on any atom is 0.240 e. The quantitative estimate of drug-likeness (QED) is 0.795. The molecule has 0 spiro atoms. The topological polar surface area (TPSA) is 90.0 Å². The molecule has 18 heavy (non-hydrogen) atoms. The van der Waals surface area contributed by atoms with Crippen LogP contribution in [0, 0.1) is 0 Å². The third-order valence-electron chi connectivity index (χ3n) is 2.55. The number of nitrogens with two attached hydrogens (primary N) is 1. The fourth-order valence-electron chi connectivity index (χ4n) is 1.63. The van der Waals surface area contributed by atoms with Gasteiger partial charge in [-0.05, 0) is 30.8 Å². The van der Waals surface area contributed by atoms with Gasteiger partial charge in [0, 0.05) is 24.5 Å². The molecule has 0 amide bonds. The Labute approximate surface area is 105 Å². The molecule has 0 bridgehead atoms. The molecule has 2 rings (SSSR count). The van der Waals surface area contributed by atoms with E-state index in [4.69, 9.17) is 5.73 Å². The Bertz CT molecular complexity index is 676. The Kier molecular flexibility index (Phi) is 3.10. The third kappa shape index (κ3) is 2.36. The van der Waals surface area contributed by atoms with Gasteiger partial charge in [-0.25, -0.2) is 13.1 Å². The van der Waals surface area contributed by atoms with Crippen molar-refractivity contribution in [3.63, 3.8) is 0 Å². The van der Waals surface area contributed by atoms with E-state index >= 15 is 0 Å². The van der Waals surface area contributed by atoms with Crippen LogP contribution in [0.1, 0.15) is 0 Å². The van der Waals surface area contributed by atoms with Crippen LogP contribution in [0.3, 0.4) is 0 Å². The Morgan fingerprint density at radius 3 is 2.56 bits per heavy atom. The number of aryl methyl sites for hydroxylation is 1. The molecule has 0 saturated heterocycles. The highest BCUT2D eigenvalue weighted by Crippen LogP contribution is 2.25. The average molecular weight is 266 g/mol. The number of nitrogens with one attached hydrogen (secondary N) is 1. The fraction of sp³-hybridized carbons (Fsp3) is 0.182. The molecule has 3 N–H and O–H groups in total. The Balaban J connectivity index is 2.58. The van der Waals surface area contributed by atoms with E-state index in [1.807, 2.05) is 0 Å². The lowest BCUT2D eigenvalue weighted by atomic mass is 10.1. The standard InChI is InChI=1S/C11H14N4O2S/c1-13-18(16,17)11-4-8(3-10(12)5-11)9-6-14-15(2)7-9/h3-7,13H,12H2,1-2H3. The van der Waals surface area contributed by atoms with Gasteiger partial charge in [-0.1, -0.05) is 0 Å². The number of rotatable bonds is 3. The smallest absolute Gasteiger partial charge is 0.240 e. The van der Waals surface area contributed by atoms with E-state index in [0.717, 1.165) is 11.1 Å². The van der Waals surface area contributed by atoms with Gasteiger partial charge in [0.1, 0.15) is 0 Å². The minimum atomic E-state index is -3.50. The summed E-state index contributed by atoms with van der Waals surface area (Å²) in [6.07, 6.45) is 3.45. The summed E-state index contributed by atoms with van der Waals surface area (Å²) in [5.74, 6) is 0. The lowest BCUT2D eigenvalue weighted by molar-refractivity contribution is 0.588. The second-order valence-electron chi connectivity index (χ2n) is 3.90. The summed E-state index contributed by atoms with van der Waals surface area (Å²) in [4.78, 5) is 0.142. The SMILES string of the molecule is CNS(=O)(=O)c1cc(N)cc(-c2cnn(C)c2)c1. The zero-order valence-electron chi connectivity index (χ0n) is 10.1. The number of anilines is 1. The Morgan fingerprint density at radius 1 is 1.28 bits per heavy atom. The molecule has 0 fully saturated rings. The van der Waals surface area contributed by atoms with Crippen molar-refractivity contribution >= 4 is 15.7 Å². The Hall–Kier alpha value is -1.86. The molecule has 0 unspecified atom stereocenters. The van der Waals surface area contributed by atoms with Gasteiger partial charge in [0.05, 0.1) is 11.1 Å². The van der Waals surface area contributed by atoms with Gasteiger partial charge in [0.15, 0.2) is 0 Å². The fourth-order valence-corrected chi connectivity index (χ4v) is 2.44. The van der Waals surface area contributed by atoms with Crippen LogP contribution in [0.2, 0.25) is 0 Å². The summed E-state index contributed by atoms with van der Waals surface area (Å²) in [6, 6.07) is 4.70. The molecule has 0 aliphatic rings. The molecule has 7 heteroatoms. The number of hydrogen-bond donors (Lipinski definition) is 2. The van der Waals surface area contributed by atoms with Crippen LogP contribution in [0.4, 0.5) is 5.69 Å². The monoisotopic (exact) mass is 266 g/mol. The highest BCUT2D eigenvalue weighted by atomic mass is 32.2. The van der Waals surface area contributed by atoms with Gasteiger partial charge in [-0.2, -0.15) is 5.10 Å². The summed E-state index contributed by atoms with van der Waals surface area (Å²) < 4.78 is 27.4. The minimum Gasteiger partial charge on any atom is -0.399 e. The van der Waals surface area contributed by atoms with Crippen molar-refractivity contribution in [2.45, 2.75) is 4.90 Å². The molecule has 0 aliphatic heterocycles. The molecule has 0 atom stereocenters. The van der Waals surface area contributed by atoms with Crippen LogP contribution in [-0.2, 0) is 17.1 Å². The summed E-state index contributed by atoms with van der Waals surface area (Å²) in [5.41, 5.74) is 7.67. The van der Waals surface area contributed by atoms with Gasteiger partial charge >= 0.3 is 0 Å². The van der Waals surface area contributed by atoms with Gasteiger partial charge in [-0.3, -0.25) is 4.68 Å². The average Bonchev–Trinajstić information content (AvgIpc) is 2.75. The molecule has 0 aliphatic carbocycles.